The van der Waals surface area contributed by atoms with Crippen LogP contribution < -0.4 is 10.6 Å². The molecule has 3 aliphatic carbocycles. The molecule has 7 rings (SSSR count). The van der Waals surface area contributed by atoms with E-state index in [0.717, 1.165) is 60.7 Å². The van der Waals surface area contributed by atoms with Gasteiger partial charge in [0.05, 0.1) is 0 Å². The average molecular weight is 431 g/mol. The van der Waals surface area contributed by atoms with E-state index in [4.69, 9.17) is 4.98 Å². The largest absolute Gasteiger partial charge is 0.343 e. The number of carbonyl (C=O) groups excluding carboxylic acids is 1. The highest BCUT2D eigenvalue weighted by Crippen LogP contribution is 2.63. The molecule has 0 radical (unpaired) electrons. The van der Waals surface area contributed by atoms with Crippen LogP contribution in [0.1, 0.15) is 54.1 Å². The highest BCUT2D eigenvalue weighted by molar-refractivity contribution is 5.98. The molecule has 7 nitrogen and oxygen atoms in total. The van der Waals surface area contributed by atoms with Gasteiger partial charge in [0.25, 0.3) is 5.91 Å². The second kappa shape index (κ2) is 7.30. The number of hydrogen-bond donors (Lipinski definition) is 2. The van der Waals surface area contributed by atoms with Crippen LogP contribution in [0, 0.1) is 5.92 Å². The third kappa shape index (κ3) is 3.10. The molecule has 166 valence electrons. The number of nitrogens with zero attached hydrogens (tertiary/aromatic N) is 4. The third-order valence-corrected chi connectivity index (χ3v) is 7.62. The van der Waals surface area contributed by atoms with Crippen LogP contribution in [-0.4, -0.2) is 52.5 Å². The Hall–Kier alpha value is -2.93. The Kier molecular flexibility index (Phi) is 4.50. The summed E-state index contributed by atoms with van der Waals surface area (Å²) >= 11 is 0. The quantitative estimate of drug-likeness (QED) is 0.643. The smallest absolute Gasteiger partial charge is 0.270 e. The molecule has 1 saturated heterocycles. The average Bonchev–Trinajstić information content (AvgIpc) is 3.11. The van der Waals surface area contributed by atoms with Crippen molar-refractivity contribution in [3.8, 4) is 0 Å². The van der Waals surface area contributed by atoms with Crippen LogP contribution in [0.3, 0.4) is 0 Å². The molecule has 0 spiro atoms. The number of hydrogen-bond acceptors (Lipinski definition) is 5. The van der Waals surface area contributed by atoms with Crippen LogP contribution in [0.4, 0.5) is 11.6 Å². The van der Waals surface area contributed by atoms with E-state index < -0.39 is 0 Å². The summed E-state index contributed by atoms with van der Waals surface area (Å²) in [5.41, 5.74) is 4.03. The zero-order valence-corrected chi connectivity index (χ0v) is 18.8. The van der Waals surface area contributed by atoms with E-state index >= 15 is 0 Å². The van der Waals surface area contributed by atoms with Gasteiger partial charge in [0.2, 0.25) is 5.95 Å². The molecule has 0 atom stereocenters. The minimum absolute atomic E-state index is 0.0238. The van der Waals surface area contributed by atoms with Crippen LogP contribution in [-0.2, 0) is 5.54 Å². The first-order valence-electron chi connectivity index (χ1n) is 11.7. The molecule has 2 N–H and O–H groups in total. The zero-order chi connectivity index (χ0) is 21.9. The summed E-state index contributed by atoms with van der Waals surface area (Å²) in [6, 6.07) is 10.6. The van der Waals surface area contributed by atoms with Crippen molar-refractivity contribution in [1.29, 1.82) is 0 Å². The Morgan fingerprint density at radius 1 is 1.16 bits per heavy atom. The Bertz CT molecular complexity index is 1160. The van der Waals surface area contributed by atoms with Crippen LogP contribution in [0.25, 0.3) is 11.0 Å². The first-order chi connectivity index (χ1) is 15.5. The lowest BCUT2D eigenvalue weighted by Crippen LogP contribution is -2.60. The molecule has 3 aromatic rings. The summed E-state index contributed by atoms with van der Waals surface area (Å²) in [6.07, 6.45) is 7.67. The second-order valence-corrected chi connectivity index (χ2v) is 10.0. The minimum atomic E-state index is 0.0238. The Balaban J connectivity index is 1.31. The maximum Gasteiger partial charge on any atom is 0.270 e. The molecule has 1 aromatic carbocycles. The van der Waals surface area contributed by atoms with Crippen molar-refractivity contribution in [2.24, 2.45) is 5.92 Å². The maximum atomic E-state index is 12.9. The topological polar surface area (TPSA) is 75.1 Å². The second-order valence-electron chi connectivity index (χ2n) is 10.0. The summed E-state index contributed by atoms with van der Waals surface area (Å²) in [4.78, 5) is 24.0. The van der Waals surface area contributed by atoms with Gasteiger partial charge in [-0.25, -0.2) is 4.98 Å². The number of nitrogens with one attached hydrogen (secondary N) is 2. The highest BCUT2D eigenvalue weighted by atomic mass is 16.2. The number of amides is 1. The number of piperidine rings is 1. The fourth-order valence-corrected chi connectivity index (χ4v) is 5.75. The molecule has 7 heteroatoms. The van der Waals surface area contributed by atoms with Gasteiger partial charge in [0, 0.05) is 36.9 Å². The fraction of sp³-hybridized carbons (Fsp3) is 0.480. The van der Waals surface area contributed by atoms with E-state index in [1.165, 1.54) is 18.4 Å². The van der Waals surface area contributed by atoms with Gasteiger partial charge >= 0.3 is 0 Å². The lowest BCUT2D eigenvalue weighted by molar-refractivity contribution is -0.0870. The summed E-state index contributed by atoms with van der Waals surface area (Å²) < 4.78 is 2.21. The number of anilines is 2. The van der Waals surface area contributed by atoms with Crippen molar-refractivity contribution >= 4 is 28.6 Å². The number of rotatable bonds is 5. The van der Waals surface area contributed by atoms with Crippen molar-refractivity contribution < 1.29 is 4.79 Å². The van der Waals surface area contributed by atoms with Gasteiger partial charge in [0.15, 0.2) is 0 Å². The number of fused-ring (bicyclic) bond motifs is 1. The van der Waals surface area contributed by atoms with Crippen LogP contribution in [0.2, 0.25) is 0 Å². The predicted molar refractivity (Wildman–Crippen MR) is 125 cm³/mol. The summed E-state index contributed by atoms with van der Waals surface area (Å²) in [5.74, 6) is 2.05. The van der Waals surface area contributed by atoms with Gasteiger partial charge in [0.1, 0.15) is 11.3 Å². The molecule has 3 heterocycles. The molecular weight excluding hydrogens is 400 g/mol. The lowest BCUT2D eigenvalue weighted by Gasteiger charge is -2.62. The standard InChI is InChI=1S/C25H30N6O/c1-30(2)23(32)21-11-19-15-27-24(29-22(19)31(21)25-12-16(13-25)14-25)28-20-5-3-17(4-6-20)18-7-9-26-10-8-18/h3-6,11,15-16,18,26H,7-10,12-14H2,1-2H3,(H,27,28,29). The van der Waals surface area contributed by atoms with Gasteiger partial charge < -0.3 is 20.1 Å². The van der Waals surface area contributed by atoms with E-state index in [0.29, 0.717) is 11.9 Å². The molecule has 2 aromatic heterocycles. The van der Waals surface area contributed by atoms with Gasteiger partial charge in [-0.05, 0) is 80.8 Å². The maximum absolute atomic E-state index is 12.9. The van der Waals surface area contributed by atoms with Crippen molar-refractivity contribution in [2.45, 2.75) is 43.6 Å². The molecule has 4 fully saturated rings. The highest BCUT2D eigenvalue weighted by Gasteiger charge is 2.59. The summed E-state index contributed by atoms with van der Waals surface area (Å²) in [7, 11) is 3.61. The van der Waals surface area contributed by atoms with Crippen LogP contribution >= 0.6 is 0 Å². The molecule has 1 amide bonds. The van der Waals surface area contributed by atoms with Gasteiger partial charge in [-0.1, -0.05) is 12.1 Å². The predicted octanol–water partition coefficient (Wildman–Crippen LogP) is 3.85. The SMILES string of the molecule is CN(C)C(=O)c1cc2cnc(Nc3ccc(C4CCNCC4)cc3)nc2n1C12CC(C1)C2. The van der Waals surface area contributed by atoms with E-state index in [-0.39, 0.29) is 11.4 Å². The normalized spacial score (nSPS) is 24.6. The van der Waals surface area contributed by atoms with E-state index in [1.54, 1.807) is 19.0 Å². The molecule has 1 aliphatic heterocycles. The van der Waals surface area contributed by atoms with Gasteiger partial charge in [-0.2, -0.15) is 4.98 Å². The number of aromatic nitrogens is 3. The van der Waals surface area contributed by atoms with Gasteiger partial charge in [-0.15, -0.1) is 0 Å². The summed E-state index contributed by atoms with van der Waals surface area (Å²) in [6.45, 7) is 2.19. The Morgan fingerprint density at radius 3 is 2.50 bits per heavy atom. The lowest BCUT2D eigenvalue weighted by atomic mass is 9.49. The Labute approximate surface area is 188 Å². The third-order valence-electron chi connectivity index (χ3n) is 7.62. The molecule has 3 saturated carbocycles. The molecule has 0 unspecified atom stereocenters. The first-order valence-corrected chi connectivity index (χ1v) is 11.7. The molecular formula is C25H30N6O. The molecule has 2 bridgehead atoms. The molecule has 32 heavy (non-hydrogen) atoms. The zero-order valence-electron chi connectivity index (χ0n) is 18.8. The van der Waals surface area contributed by atoms with Crippen LogP contribution in [0.5, 0.6) is 0 Å². The van der Waals surface area contributed by atoms with E-state index in [2.05, 4.69) is 44.5 Å². The Morgan fingerprint density at radius 2 is 1.88 bits per heavy atom. The van der Waals surface area contributed by atoms with Gasteiger partial charge in [-0.3, -0.25) is 4.79 Å². The number of benzene rings is 1. The monoisotopic (exact) mass is 430 g/mol. The van der Waals surface area contributed by atoms with E-state index in [1.807, 2.05) is 12.3 Å². The van der Waals surface area contributed by atoms with Crippen LogP contribution in [0.15, 0.2) is 36.5 Å². The van der Waals surface area contributed by atoms with Crippen molar-refractivity contribution in [1.82, 2.24) is 24.8 Å². The minimum Gasteiger partial charge on any atom is -0.343 e. The fourth-order valence-electron chi connectivity index (χ4n) is 5.75. The van der Waals surface area contributed by atoms with E-state index in [9.17, 15) is 4.79 Å². The van der Waals surface area contributed by atoms with Crippen molar-refractivity contribution in [3.05, 3.63) is 47.8 Å². The number of carbonyl (C=O) groups is 1. The molecule has 4 aliphatic rings. The van der Waals surface area contributed by atoms with Crippen molar-refractivity contribution in [2.75, 3.05) is 32.5 Å². The summed E-state index contributed by atoms with van der Waals surface area (Å²) in [5, 5.41) is 7.72. The van der Waals surface area contributed by atoms with Crippen molar-refractivity contribution in [3.63, 3.8) is 0 Å². The first kappa shape index (κ1) is 19.7.